The molecule has 0 radical (unpaired) electrons. The van der Waals surface area contributed by atoms with Crippen LogP contribution in [0.3, 0.4) is 0 Å². The van der Waals surface area contributed by atoms with Crippen LogP contribution in [-0.4, -0.2) is 45.5 Å². The zero-order chi connectivity index (χ0) is 22.0. The minimum atomic E-state index is -1.55. The van der Waals surface area contributed by atoms with Crippen molar-refractivity contribution in [2.75, 3.05) is 4.90 Å². The van der Waals surface area contributed by atoms with E-state index in [1.165, 1.54) is 30.3 Å². The van der Waals surface area contributed by atoms with Gasteiger partial charge in [-0.3, -0.25) is 19.4 Å². The van der Waals surface area contributed by atoms with Gasteiger partial charge in [0.05, 0.1) is 28.8 Å². The Morgan fingerprint density at radius 1 is 0.968 bits per heavy atom. The molecule has 2 heterocycles. The predicted molar refractivity (Wildman–Crippen MR) is 110 cm³/mol. The van der Waals surface area contributed by atoms with Gasteiger partial charge in [-0.05, 0) is 24.3 Å². The van der Waals surface area contributed by atoms with E-state index in [0.29, 0.717) is 5.02 Å². The lowest BCUT2D eigenvalue weighted by Crippen LogP contribution is -2.35. The number of aliphatic hydroxyl groups is 1. The number of aliphatic hydroxyl groups excluding tert-OH is 1. The number of carboxylic acids is 1. The summed E-state index contributed by atoms with van der Waals surface area (Å²) in [6.45, 7) is 0. The van der Waals surface area contributed by atoms with Crippen LogP contribution >= 0.6 is 11.6 Å². The van der Waals surface area contributed by atoms with E-state index < -0.39 is 41.4 Å². The summed E-state index contributed by atoms with van der Waals surface area (Å²) < 4.78 is 0. The van der Waals surface area contributed by atoms with Crippen LogP contribution in [0, 0.1) is 11.8 Å². The minimum Gasteiger partial charge on any atom is -0.506 e. The molecule has 1 saturated heterocycles. The number of halogens is 1. The molecule has 0 aromatic heterocycles. The Kier molecular flexibility index (Phi) is 4.10. The number of carbonyl (C=O) groups is 4. The highest BCUT2D eigenvalue weighted by atomic mass is 35.5. The summed E-state index contributed by atoms with van der Waals surface area (Å²) in [5, 5.41) is 20.7. The molecule has 2 aromatic carbocycles. The van der Waals surface area contributed by atoms with E-state index in [2.05, 4.69) is 4.99 Å². The van der Waals surface area contributed by atoms with Crippen molar-refractivity contribution in [3.05, 3.63) is 70.3 Å². The summed E-state index contributed by atoms with van der Waals surface area (Å²) in [7, 11) is 0. The zero-order valence-corrected chi connectivity index (χ0v) is 16.4. The Hall–Kier alpha value is -3.78. The molecule has 0 bridgehead atoms. The van der Waals surface area contributed by atoms with Crippen molar-refractivity contribution in [1.82, 2.24) is 0 Å². The van der Waals surface area contributed by atoms with Crippen molar-refractivity contribution in [3.63, 3.8) is 0 Å². The molecular formula is C22H13ClN2O6. The number of Topliss-reactive ketones (excluding diaryl/α,β-unsaturated/α-hetero) is 1. The van der Waals surface area contributed by atoms with Crippen molar-refractivity contribution in [1.29, 1.82) is 0 Å². The fraction of sp³-hybridized carbons (Fsp3) is 0.136. The van der Waals surface area contributed by atoms with Crippen molar-refractivity contribution in [3.8, 4) is 0 Å². The number of rotatable bonds is 3. The van der Waals surface area contributed by atoms with Crippen molar-refractivity contribution in [2.24, 2.45) is 16.8 Å². The number of hydrogen-bond donors (Lipinski definition) is 2. The van der Waals surface area contributed by atoms with Gasteiger partial charge in [0.25, 0.3) is 0 Å². The van der Waals surface area contributed by atoms with Crippen LogP contribution in [0.1, 0.15) is 15.9 Å². The SMILES string of the molecule is O=C1C(C2=N[C@@H](C(=O)O)[C@H]3C(=O)N(c4ccc(Cl)cc4)C(=O)[C@@H]23)=C(O)c2ccccc21. The first-order valence-corrected chi connectivity index (χ1v) is 9.70. The number of imide groups is 1. The molecule has 1 fully saturated rings. The van der Waals surface area contributed by atoms with Gasteiger partial charge in [-0.15, -0.1) is 0 Å². The van der Waals surface area contributed by atoms with E-state index >= 15 is 0 Å². The summed E-state index contributed by atoms with van der Waals surface area (Å²) in [6, 6.07) is 10.7. The van der Waals surface area contributed by atoms with Gasteiger partial charge < -0.3 is 10.2 Å². The first-order valence-electron chi connectivity index (χ1n) is 9.33. The lowest BCUT2D eigenvalue weighted by molar-refractivity contribution is -0.141. The lowest BCUT2D eigenvalue weighted by atomic mass is 9.85. The van der Waals surface area contributed by atoms with Crippen LogP contribution in [0.25, 0.3) is 5.76 Å². The summed E-state index contributed by atoms with van der Waals surface area (Å²) in [4.78, 5) is 56.2. The largest absolute Gasteiger partial charge is 0.506 e. The number of nitrogens with zero attached hydrogens (tertiary/aromatic N) is 2. The molecule has 3 aliphatic rings. The molecule has 0 unspecified atom stereocenters. The van der Waals surface area contributed by atoms with Crippen LogP contribution < -0.4 is 4.90 Å². The van der Waals surface area contributed by atoms with Gasteiger partial charge >= 0.3 is 5.97 Å². The summed E-state index contributed by atoms with van der Waals surface area (Å²) >= 11 is 5.88. The number of allylic oxidation sites excluding steroid dienone is 1. The van der Waals surface area contributed by atoms with Gasteiger partial charge in [-0.1, -0.05) is 35.9 Å². The number of amides is 2. The average molecular weight is 437 g/mol. The van der Waals surface area contributed by atoms with E-state index in [1.807, 2.05) is 0 Å². The van der Waals surface area contributed by atoms with E-state index in [0.717, 1.165) is 4.90 Å². The zero-order valence-electron chi connectivity index (χ0n) is 15.7. The van der Waals surface area contributed by atoms with E-state index in [-0.39, 0.29) is 33.9 Å². The van der Waals surface area contributed by atoms with E-state index in [1.54, 1.807) is 18.2 Å². The van der Waals surface area contributed by atoms with Gasteiger partial charge in [0.1, 0.15) is 5.76 Å². The Morgan fingerprint density at radius 3 is 2.23 bits per heavy atom. The predicted octanol–water partition coefficient (Wildman–Crippen LogP) is 2.52. The van der Waals surface area contributed by atoms with Crippen molar-refractivity contribution in [2.45, 2.75) is 6.04 Å². The number of aliphatic carboxylic acids is 1. The number of hydrogen-bond acceptors (Lipinski definition) is 6. The molecule has 9 heteroatoms. The number of carbonyl (C=O) groups excluding carboxylic acids is 3. The fourth-order valence-corrected chi connectivity index (χ4v) is 4.51. The molecule has 154 valence electrons. The minimum absolute atomic E-state index is 0.175. The number of benzene rings is 2. The number of anilines is 1. The molecule has 1 aliphatic carbocycles. The summed E-state index contributed by atoms with van der Waals surface area (Å²) in [5.41, 5.74) is 0.313. The normalized spacial score (nSPS) is 24.5. The van der Waals surface area contributed by atoms with Crippen LogP contribution in [0.4, 0.5) is 5.69 Å². The molecule has 0 spiro atoms. The topological polar surface area (TPSA) is 124 Å². The first kappa shape index (κ1) is 19.2. The highest BCUT2D eigenvalue weighted by Crippen LogP contribution is 2.44. The van der Waals surface area contributed by atoms with Crippen molar-refractivity contribution >= 4 is 52.3 Å². The second kappa shape index (κ2) is 6.61. The highest BCUT2D eigenvalue weighted by molar-refractivity contribution is 6.43. The number of fused-ring (bicyclic) bond motifs is 2. The Balaban J connectivity index is 1.63. The highest BCUT2D eigenvalue weighted by Gasteiger charge is 2.60. The average Bonchev–Trinajstić information content (AvgIpc) is 3.34. The van der Waals surface area contributed by atoms with Crippen LogP contribution in [0.15, 0.2) is 59.1 Å². The second-order valence-corrected chi connectivity index (χ2v) is 7.82. The van der Waals surface area contributed by atoms with Crippen LogP contribution in [-0.2, 0) is 14.4 Å². The maximum atomic E-state index is 13.3. The number of aliphatic imine (C=N–C) groups is 1. The molecule has 0 saturated carbocycles. The number of carboxylic acid groups (broad SMARTS) is 1. The monoisotopic (exact) mass is 436 g/mol. The van der Waals surface area contributed by atoms with Crippen molar-refractivity contribution < 1.29 is 29.4 Å². The molecule has 31 heavy (non-hydrogen) atoms. The molecule has 3 atom stereocenters. The summed E-state index contributed by atoms with van der Waals surface area (Å²) in [6.07, 6.45) is 0. The van der Waals surface area contributed by atoms with Gasteiger partial charge in [0.15, 0.2) is 11.8 Å². The maximum Gasteiger partial charge on any atom is 0.329 e. The first-order chi connectivity index (χ1) is 14.8. The quantitative estimate of drug-likeness (QED) is 0.712. The van der Waals surface area contributed by atoms with Crippen LogP contribution in [0.5, 0.6) is 0 Å². The second-order valence-electron chi connectivity index (χ2n) is 7.39. The molecular weight excluding hydrogens is 424 g/mol. The molecule has 2 N–H and O–H groups in total. The van der Waals surface area contributed by atoms with Crippen LogP contribution in [0.2, 0.25) is 5.02 Å². The Labute approximate surface area is 180 Å². The maximum absolute atomic E-state index is 13.3. The third-order valence-corrected chi connectivity index (χ3v) is 6.00. The molecule has 2 aromatic rings. The Bertz CT molecular complexity index is 1260. The van der Waals surface area contributed by atoms with Gasteiger partial charge in [-0.2, -0.15) is 0 Å². The third-order valence-electron chi connectivity index (χ3n) is 5.75. The van der Waals surface area contributed by atoms with Gasteiger partial charge in [0.2, 0.25) is 11.8 Å². The smallest absolute Gasteiger partial charge is 0.329 e. The fourth-order valence-electron chi connectivity index (χ4n) is 4.38. The standard InChI is InChI=1S/C22H13ClN2O6/c23-9-5-7-10(8-6-9)25-20(28)13-14(21(25)29)17(22(30)31)24-16(13)15-18(26)11-3-1-2-4-12(11)19(15)27/h1-8,13-14,17,26H,(H,30,31)/t13-,14+,17-/m1/s1. The molecule has 8 nitrogen and oxygen atoms in total. The molecule has 5 rings (SSSR count). The number of ketones is 1. The summed E-state index contributed by atoms with van der Waals surface area (Å²) in [5.74, 6) is -6.38. The van der Waals surface area contributed by atoms with E-state index in [4.69, 9.17) is 11.6 Å². The van der Waals surface area contributed by atoms with Gasteiger partial charge in [0, 0.05) is 16.1 Å². The molecule has 2 amide bonds. The van der Waals surface area contributed by atoms with E-state index in [9.17, 15) is 29.4 Å². The lowest BCUT2D eigenvalue weighted by Gasteiger charge is -2.17. The third kappa shape index (κ3) is 2.58. The van der Waals surface area contributed by atoms with Gasteiger partial charge in [-0.25, -0.2) is 9.69 Å². The molecule has 2 aliphatic heterocycles. The Morgan fingerprint density at radius 2 is 1.61 bits per heavy atom.